The molecule has 0 saturated heterocycles. The zero-order chi connectivity index (χ0) is 46.5. The number of carbonyl (C=O) groups excluding carboxylic acids is 3. The first-order chi connectivity index (χ1) is 31.5. The Labute approximate surface area is 392 Å². The van der Waals surface area contributed by atoms with Gasteiger partial charge in [-0.2, -0.15) is 0 Å². The Kier molecular flexibility index (Phi) is 47.6. The third-order valence-electron chi connectivity index (χ3n) is 10.1. The van der Waals surface area contributed by atoms with Gasteiger partial charge in [-0.1, -0.05) is 231 Å². The summed E-state index contributed by atoms with van der Waals surface area (Å²) in [4.78, 5) is 37.9. The molecule has 6 heteroatoms. The standard InChI is InChI=1S/C58H90O6/c1-4-7-10-13-16-19-22-24-26-28-29-31-32-34-36-39-42-45-48-51-57(60)63-54-55(53-62-56(59)50-47-44-41-38-21-18-15-12-9-6-3)64-58(61)52-49-46-43-40-37-35-33-30-27-25-23-20-17-14-11-8-5-2/h7,10,13,16-17,19-20,22,24-29,31-36,40,43,55H,4-6,8-9,11-12,14-15,18,21,23,30,37-39,41-42,44-54H2,1-3H3/b10-7-,16-13-,20-17-,22-19-,26-24-,27-25-,29-28+,32-31-,35-33-,36-34-,43-40-. The van der Waals surface area contributed by atoms with Crippen LogP contribution >= 0.6 is 0 Å². The predicted molar refractivity (Wildman–Crippen MR) is 274 cm³/mol. The van der Waals surface area contributed by atoms with E-state index in [-0.39, 0.29) is 44.0 Å². The minimum atomic E-state index is -0.828. The van der Waals surface area contributed by atoms with Gasteiger partial charge in [0.25, 0.3) is 0 Å². The highest BCUT2D eigenvalue weighted by Crippen LogP contribution is 2.13. The second kappa shape index (κ2) is 51.2. The quantitative estimate of drug-likeness (QED) is 0.0200. The van der Waals surface area contributed by atoms with Gasteiger partial charge >= 0.3 is 17.9 Å². The second-order valence-electron chi connectivity index (χ2n) is 16.2. The fourth-order valence-corrected chi connectivity index (χ4v) is 6.30. The van der Waals surface area contributed by atoms with Crippen molar-refractivity contribution in [2.45, 2.75) is 200 Å². The van der Waals surface area contributed by atoms with Gasteiger partial charge in [-0.05, 0) is 77.0 Å². The average molecular weight is 883 g/mol. The topological polar surface area (TPSA) is 78.9 Å². The van der Waals surface area contributed by atoms with Gasteiger partial charge in [0.2, 0.25) is 0 Å². The summed E-state index contributed by atoms with van der Waals surface area (Å²) in [6.45, 7) is 6.34. The normalized spacial score (nSPS) is 13.2. The third-order valence-corrected chi connectivity index (χ3v) is 10.1. The molecule has 0 aliphatic rings. The van der Waals surface area contributed by atoms with Crippen molar-refractivity contribution < 1.29 is 28.6 Å². The summed E-state index contributed by atoms with van der Waals surface area (Å²) in [6, 6.07) is 0. The molecular weight excluding hydrogens is 793 g/mol. The third kappa shape index (κ3) is 48.6. The van der Waals surface area contributed by atoms with Crippen molar-refractivity contribution in [1.82, 2.24) is 0 Å². The fraction of sp³-hybridized carbons (Fsp3) is 0.569. The van der Waals surface area contributed by atoms with Crippen LogP contribution in [-0.4, -0.2) is 37.2 Å². The van der Waals surface area contributed by atoms with Gasteiger partial charge in [-0.15, -0.1) is 0 Å². The lowest BCUT2D eigenvalue weighted by Crippen LogP contribution is -2.30. The summed E-state index contributed by atoms with van der Waals surface area (Å²) in [7, 11) is 0. The molecule has 0 heterocycles. The number of allylic oxidation sites excluding steroid dienone is 22. The summed E-state index contributed by atoms with van der Waals surface area (Å²) in [5, 5.41) is 0. The Hall–Kier alpha value is -4.45. The maximum atomic E-state index is 12.8. The smallest absolute Gasteiger partial charge is 0.306 e. The molecule has 64 heavy (non-hydrogen) atoms. The average Bonchev–Trinajstić information content (AvgIpc) is 3.29. The molecule has 0 aliphatic carbocycles. The number of esters is 3. The molecule has 0 aliphatic heterocycles. The van der Waals surface area contributed by atoms with E-state index in [0.717, 1.165) is 70.6 Å². The fourth-order valence-electron chi connectivity index (χ4n) is 6.30. The molecule has 1 atom stereocenters. The van der Waals surface area contributed by atoms with Gasteiger partial charge in [-0.3, -0.25) is 14.4 Å². The molecule has 0 N–H and O–H groups in total. The van der Waals surface area contributed by atoms with E-state index in [1.54, 1.807) is 0 Å². The van der Waals surface area contributed by atoms with Crippen LogP contribution in [0, 0.1) is 0 Å². The number of ether oxygens (including phenoxy) is 3. The van der Waals surface area contributed by atoms with Crippen molar-refractivity contribution in [2.75, 3.05) is 13.2 Å². The Morgan fingerprint density at radius 1 is 0.344 bits per heavy atom. The number of rotatable bonds is 43. The SMILES string of the molecule is CC\C=C/C=C\C=C/C=C\C=C\C=C/C=C\CCCCCC(=O)OCC(COC(=O)CCCCCCCCCCCC)OC(=O)CCC/C=C\C/C=C\C/C=C\C/C=C\CCCCC. The minimum Gasteiger partial charge on any atom is -0.462 e. The van der Waals surface area contributed by atoms with Gasteiger partial charge in [-0.25, -0.2) is 0 Å². The van der Waals surface area contributed by atoms with Crippen LogP contribution in [0.2, 0.25) is 0 Å². The highest BCUT2D eigenvalue weighted by Gasteiger charge is 2.19. The van der Waals surface area contributed by atoms with Crippen molar-refractivity contribution in [2.24, 2.45) is 0 Å². The number of hydrogen-bond acceptors (Lipinski definition) is 6. The zero-order valence-corrected chi connectivity index (χ0v) is 40.7. The Morgan fingerprint density at radius 3 is 1.17 bits per heavy atom. The van der Waals surface area contributed by atoms with Gasteiger partial charge in [0.1, 0.15) is 13.2 Å². The van der Waals surface area contributed by atoms with Crippen LogP contribution in [0.3, 0.4) is 0 Å². The van der Waals surface area contributed by atoms with Gasteiger partial charge in [0, 0.05) is 19.3 Å². The van der Waals surface area contributed by atoms with Crippen LogP contribution in [0.1, 0.15) is 194 Å². The van der Waals surface area contributed by atoms with Crippen molar-refractivity contribution >= 4 is 17.9 Å². The first-order valence-electron chi connectivity index (χ1n) is 25.3. The molecule has 1 unspecified atom stereocenters. The van der Waals surface area contributed by atoms with Gasteiger partial charge < -0.3 is 14.2 Å². The number of carbonyl (C=O) groups is 3. The van der Waals surface area contributed by atoms with Crippen LogP contribution < -0.4 is 0 Å². The summed E-state index contributed by atoms with van der Waals surface area (Å²) < 4.78 is 16.7. The van der Waals surface area contributed by atoms with E-state index in [1.165, 1.54) is 70.6 Å². The molecule has 0 fully saturated rings. The molecule has 0 spiro atoms. The van der Waals surface area contributed by atoms with Crippen LogP contribution in [0.5, 0.6) is 0 Å². The Balaban J connectivity index is 4.58. The van der Waals surface area contributed by atoms with Crippen LogP contribution in [0.15, 0.2) is 134 Å². The molecule has 0 aromatic rings. The summed E-state index contributed by atoms with van der Waals surface area (Å²) in [5.74, 6) is -1.03. The molecule has 0 aromatic heterocycles. The lowest BCUT2D eigenvalue weighted by molar-refractivity contribution is -0.167. The minimum absolute atomic E-state index is 0.118. The zero-order valence-electron chi connectivity index (χ0n) is 40.7. The van der Waals surface area contributed by atoms with E-state index >= 15 is 0 Å². The van der Waals surface area contributed by atoms with Crippen LogP contribution in [-0.2, 0) is 28.6 Å². The molecule has 358 valence electrons. The van der Waals surface area contributed by atoms with Crippen molar-refractivity contribution in [1.29, 1.82) is 0 Å². The molecular formula is C58H90O6. The van der Waals surface area contributed by atoms with E-state index in [9.17, 15) is 14.4 Å². The van der Waals surface area contributed by atoms with E-state index in [0.29, 0.717) is 19.3 Å². The first kappa shape index (κ1) is 59.5. The maximum Gasteiger partial charge on any atom is 0.306 e. The Bertz CT molecular complexity index is 1430. The largest absolute Gasteiger partial charge is 0.462 e. The van der Waals surface area contributed by atoms with E-state index in [1.807, 2.05) is 72.9 Å². The monoisotopic (exact) mass is 883 g/mol. The summed E-state index contributed by atoms with van der Waals surface area (Å²) in [6.07, 6.45) is 71.5. The maximum absolute atomic E-state index is 12.8. The molecule has 6 nitrogen and oxygen atoms in total. The van der Waals surface area contributed by atoms with E-state index < -0.39 is 6.10 Å². The van der Waals surface area contributed by atoms with Crippen LogP contribution in [0.25, 0.3) is 0 Å². The van der Waals surface area contributed by atoms with Crippen molar-refractivity contribution in [3.8, 4) is 0 Å². The molecule has 0 rings (SSSR count). The molecule has 0 bridgehead atoms. The molecule has 0 saturated carbocycles. The molecule has 0 aromatic carbocycles. The van der Waals surface area contributed by atoms with E-state index in [4.69, 9.17) is 14.2 Å². The summed E-state index contributed by atoms with van der Waals surface area (Å²) in [5.41, 5.74) is 0. The number of hydrogen-bond donors (Lipinski definition) is 0. The van der Waals surface area contributed by atoms with Crippen LogP contribution in [0.4, 0.5) is 0 Å². The summed E-state index contributed by atoms with van der Waals surface area (Å²) >= 11 is 0. The second-order valence-corrected chi connectivity index (χ2v) is 16.2. The van der Waals surface area contributed by atoms with Crippen molar-refractivity contribution in [3.05, 3.63) is 134 Å². The lowest BCUT2D eigenvalue weighted by atomic mass is 10.1. The number of unbranched alkanes of at least 4 members (excludes halogenated alkanes) is 16. The van der Waals surface area contributed by atoms with Gasteiger partial charge in [0.15, 0.2) is 6.10 Å². The van der Waals surface area contributed by atoms with Gasteiger partial charge in [0.05, 0.1) is 0 Å². The lowest BCUT2D eigenvalue weighted by Gasteiger charge is -2.18. The first-order valence-corrected chi connectivity index (χ1v) is 25.3. The molecule has 0 amide bonds. The Morgan fingerprint density at radius 2 is 0.688 bits per heavy atom. The predicted octanol–water partition coefficient (Wildman–Crippen LogP) is 16.7. The highest BCUT2D eigenvalue weighted by atomic mass is 16.6. The molecule has 0 radical (unpaired) electrons. The van der Waals surface area contributed by atoms with Crippen molar-refractivity contribution in [3.63, 3.8) is 0 Å². The highest BCUT2D eigenvalue weighted by molar-refractivity contribution is 5.71. The van der Waals surface area contributed by atoms with E-state index in [2.05, 4.69) is 81.5 Å².